The number of hydrogen-bond acceptors (Lipinski definition) is 2. The SMILES string of the molecule is CC(C)NC(=O)N1CCC[C@H]1CO. The molecular formula is C9H18N2O2. The Bertz CT molecular complexity index is 182. The van der Waals surface area contributed by atoms with Crippen molar-refractivity contribution in [3.8, 4) is 0 Å². The molecule has 0 unspecified atom stereocenters. The van der Waals surface area contributed by atoms with Crippen LogP contribution in [0.3, 0.4) is 0 Å². The molecule has 4 nitrogen and oxygen atoms in total. The normalized spacial score (nSPS) is 22.5. The van der Waals surface area contributed by atoms with Gasteiger partial charge in [-0.15, -0.1) is 0 Å². The molecule has 0 radical (unpaired) electrons. The van der Waals surface area contributed by atoms with Crippen LogP contribution in [0.15, 0.2) is 0 Å². The van der Waals surface area contributed by atoms with Gasteiger partial charge >= 0.3 is 6.03 Å². The molecule has 2 amide bonds. The molecule has 1 heterocycles. The third-order valence-electron chi connectivity index (χ3n) is 2.26. The summed E-state index contributed by atoms with van der Waals surface area (Å²) in [4.78, 5) is 13.3. The van der Waals surface area contributed by atoms with E-state index in [2.05, 4.69) is 5.32 Å². The zero-order valence-corrected chi connectivity index (χ0v) is 8.29. The summed E-state index contributed by atoms with van der Waals surface area (Å²) in [5.41, 5.74) is 0. The Morgan fingerprint density at radius 1 is 1.69 bits per heavy atom. The number of carbonyl (C=O) groups is 1. The predicted octanol–water partition coefficient (Wildman–Crippen LogP) is 0.561. The number of aliphatic hydroxyl groups excluding tert-OH is 1. The van der Waals surface area contributed by atoms with Crippen molar-refractivity contribution in [3.63, 3.8) is 0 Å². The third-order valence-corrected chi connectivity index (χ3v) is 2.26. The molecule has 1 aliphatic heterocycles. The third kappa shape index (κ3) is 2.59. The van der Waals surface area contributed by atoms with Crippen LogP contribution in [0.1, 0.15) is 26.7 Å². The van der Waals surface area contributed by atoms with Crippen molar-refractivity contribution in [3.05, 3.63) is 0 Å². The van der Waals surface area contributed by atoms with Crippen LogP contribution in [0.25, 0.3) is 0 Å². The number of carbonyl (C=O) groups excluding carboxylic acids is 1. The van der Waals surface area contributed by atoms with Gasteiger partial charge in [-0.1, -0.05) is 0 Å². The fourth-order valence-electron chi connectivity index (χ4n) is 1.62. The summed E-state index contributed by atoms with van der Waals surface area (Å²) in [6.45, 7) is 4.71. The van der Waals surface area contributed by atoms with Crippen molar-refractivity contribution in [2.24, 2.45) is 0 Å². The van der Waals surface area contributed by atoms with Crippen molar-refractivity contribution < 1.29 is 9.90 Å². The van der Waals surface area contributed by atoms with Gasteiger partial charge in [-0.2, -0.15) is 0 Å². The highest BCUT2D eigenvalue weighted by molar-refractivity contribution is 5.75. The molecule has 1 atom stereocenters. The lowest BCUT2D eigenvalue weighted by atomic mass is 10.2. The van der Waals surface area contributed by atoms with Gasteiger partial charge in [0.25, 0.3) is 0 Å². The van der Waals surface area contributed by atoms with E-state index in [1.54, 1.807) is 4.90 Å². The van der Waals surface area contributed by atoms with Crippen LogP contribution in [0.5, 0.6) is 0 Å². The highest BCUT2D eigenvalue weighted by atomic mass is 16.3. The second-order valence-electron chi connectivity index (χ2n) is 3.78. The number of likely N-dealkylation sites (tertiary alicyclic amines) is 1. The van der Waals surface area contributed by atoms with E-state index in [9.17, 15) is 4.79 Å². The lowest BCUT2D eigenvalue weighted by Crippen LogP contribution is -2.46. The zero-order valence-electron chi connectivity index (χ0n) is 8.29. The minimum atomic E-state index is -0.0495. The second-order valence-corrected chi connectivity index (χ2v) is 3.78. The van der Waals surface area contributed by atoms with Crippen LogP contribution in [-0.4, -0.2) is 41.3 Å². The van der Waals surface area contributed by atoms with Gasteiger partial charge < -0.3 is 15.3 Å². The number of aliphatic hydroxyl groups is 1. The Labute approximate surface area is 78.9 Å². The highest BCUT2D eigenvalue weighted by Crippen LogP contribution is 2.16. The average Bonchev–Trinajstić information content (AvgIpc) is 2.49. The summed E-state index contributed by atoms with van der Waals surface area (Å²) >= 11 is 0. The molecule has 2 N–H and O–H groups in total. The van der Waals surface area contributed by atoms with E-state index in [1.807, 2.05) is 13.8 Å². The number of urea groups is 1. The maximum absolute atomic E-state index is 11.5. The van der Waals surface area contributed by atoms with Crippen molar-refractivity contribution >= 4 is 6.03 Å². The molecule has 1 fully saturated rings. The minimum Gasteiger partial charge on any atom is -0.394 e. The standard InChI is InChI=1S/C9H18N2O2/c1-7(2)10-9(13)11-5-3-4-8(11)6-12/h7-8,12H,3-6H2,1-2H3,(H,10,13)/t8-/m0/s1. The van der Waals surface area contributed by atoms with Crippen LogP contribution in [0, 0.1) is 0 Å². The largest absolute Gasteiger partial charge is 0.394 e. The van der Waals surface area contributed by atoms with E-state index in [-0.39, 0.29) is 24.7 Å². The first kappa shape index (κ1) is 10.3. The van der Waals surface area contributed by atoms with Crippen LogP contribution >= 0.6 is 0 Å². The second kappa shape index (κ2) is 4.46. The molecule has 0 aromatic heterocycles. The van der Waals surface area contributed by atoms with E-state index in [1.165, 1.54) is 0 Å². The molecule has 1 saturated heterocycles. The molecule has 4 heteroatoms. The molecule has 0 aromatic carbocycles. The minimum absolute atomic E-state index is 0.0266. The van der Waals surface area contributed by atoms with E-state index in [4.69, 9.17) is 5.11 Å². The molecule has 1 rings (SSSR count). The monoisotopic (exact) mass is 186 g/mol. The number of rotatable bonds is 2. The van der Waals surface area contributed by atoms with Gasteiger partial charge in [0.05, 0.1) is 12.6 Å². The highest BCUT2D eigenvalue weighted by Gasteiger charge is 2.27. The molecule has 0 aromatic rings. The van der Waals surface area contributed by atoms with Crippen molar-refractivity contribution in [2.45, 2.75) is 38.8 Å². The number of amides is 2. The molecule has 0 bridgehead atoms. The number of nitrogens with one attached hydrogen (secondary N) is 1. The maximum Gasteiger partial charge on any atom is 0.317 e. The zero-order chi connectivity index (χ0) is 9.84. The molecule has 0 spiro atoms. The molecule has 0 saturated carbocycles. The summed E-state index contributed by atoms with van der Waals surface area (Å²) in [7, 11) is 0. The van der Waals surface area contributed by atoms with Crippen molar-refractivity contribution in [2.75, 3.05) is 13.2 Å². The van der Waals surface area contributed by atoms with Crippen LogP contribution in [-0.2, 0) is 0 Å². The maximum atomic E-state index is 11.5. The van der Waals surface area contributed by atoms with Crippen molar-refractivity contribution in [1.29, 1.82) is 0 Å². The van der Waals surface area contributed by atoms with E-state index in [0.717, 1.165) is 19.4 Å². The average molecular weight is 186 g/mol. The van der Waals surface area contributed by atoms with Crippen molar-refractivity contribution in [1.82, 2.24) is 10.2 Å². The van der Waals surface area contributed by atoms with E-state index in [0.29, 0.717) is 0 Å². The predicted molar refractivity (Wildman–Crippen MR) is 50.5 cm³/mol. The Kier molecular flexibility index (Phi) is 3.54. The first-order valence-corrected chi connectivity index (χ1v) is 4.83. The number of nitrogens with zero attached hydrogens (tertiary/aromatic N) is 1. The lowest BCUT2D eigenvalue weighted by molar-refractivity contribution is 0.155. The topological polar surface area (TPSA) is 52.6 Å². The summed E-state index contributed by atoms with van der Waals surface area (Å²) in [6, 6.07) is 0.137. The Morgan fingerprint density at radius 3 is 2.92 bits per heavy atom. The summed E-state index contributed by atoms with van der Waals surface area (Å²) in [5.74, 6) is 0. The Balaban J connectivity index is 2.45. The number of hydrogen-bond donors (Lipinski definition) is 2. The van der Waals surface area contributed by atoms with Gasteiger partial charge in [-0.3, -0.25) is 0 Å². The van der Waals surface area contributed by atoms with Gasteiger partial charge in [0.1, 0.15) is 0 Å². The summed E-state index contributed by atoms with van der Waals surface area (Å²) in [5, 5.41) is 11.8. The molecular weight excluding hydrogens is 168 g/mol. The fraction of sp³-hybridized carbons (Fsp3) is 0.889. The van der Waals surface area contributed by atoms with Gasteiger partial charge in [0, 0.05) is 12.6 Å². The van der Waals surface area contributed by atoms with Crippen LogP contribution in [0.2, 0.25) is 0 Å². The van der Waals surface area contributed by atoms with Gasteiger partial charge in [-0.25, -0.2) is 4.79 Å². The van der Waals surface area contributed by atoms with Gasteiger partial charge in [0.15, 0.2) is 0 Å². The molecule has 76 valence electrons. The quantitative estimate of drug-likeness (QED) is 0.662. The van der Waals surface area contributed by atoms with Gasteiger partial charge in [0.2, 0.25) is 0 Å². The van der Waals surface area contributed by atoms with Gasteiger partial charge in [-0.05, 0) is 26.7 Å². The molecule has 0 aliphatic carbocycles. The Morgan fingerprint density at radius 2 is 2.38 bits per heavy atom. The summed E-state index contributed by atoms with van der Waals surface area (Å²) in [6.07, 6.45) is 1.92. The fourth-order valence-corrected chi connectivity index (χ4v) is 1.62. The lowest BCUT2D eigenvalue weighted by Gasteiger charge is -2.24. The van der Waals surface area contributed by atoms with Crippen LogP contribution < -0.4 is 5.32 Å². The van der Waals surface area contributed by atoms with E-state index >= 15 is 0 Å². The first-order chi connectivity index (χ1) is 6.15. The molecule has 1 aliphatic rings. The molecule has 13 heavy (non-hydrogen) atoms. The Hall–Kier alpha value is -0.770. The smallest absolute Gasteiger partial charge is 0.317 e. The van der Waals surface area contributed by atoms with Crippen LogP contribution in [0.4, 0.5) is 4.79 Å². The first-order valence-electron chi connectivity index (χ1n) is 4.83. The summed E-state index contributed by atoms with van der Waals surface area (Å²) < 4.78 is 0. The van der Waals surface area contributed by atoms with E-state index < -0.39 is 0 Å².